The summed E-state index contributed by atoms with van der Waals surface area (Å²) in [6, 6.07) is 17.1. The third kappa shape index (κ3) is 4.10. The van der Waals surface area contributed by atoms with Crippen molar-refractivity contribution in [3.05, 3.63) is 97.0 Å². The molecule has 2 fully saturated rings. The second kappa shape index (κ2) is 10.1. The third-order valence-corrected chi connectivity index (χ3v) is 8.95. The molecule has 1 spiro atoms. The first-order chi connectivity index (χ1) is 18.9. The molecule has 3 aliphatic heterocycles. The van der Waals surface area contributed by atoms with E-state index in [-0.39, 0.29) is 16.9 Å². The van der Waals surface area contributed by atoms with Crippen LogP contribution in [0.15, 0.2) is 65.1 Å². The summed E-state index contributed by atoms with van der Waals surface area (Å²) in [4.78, 5) is 28.4. The number of anilines is 1. The SMILES string of the molecule is CCOc1cc([C@H]2[C@H]([N+](=O)[O-])[C@]3(C(=O)Nc4ccccc43)N3CCC[C@@H]23)cc(Br)c1OCc1ccc(Cl)cc1. The number of hydrogen-bond acceptors (Lipinski definition) is 6. The predicted molar refractivity (Wildman–Crippen MR) is 151 cm³/mol. The van der Waals surface area contributed by atoms with Crippen LogP contribution in [-0.4, -0.2) is 41.0 Å². The number of carbonyl (C=O) groups is 1. The highest BCUT2D eigenvalue weighted by atomic mass is 79.9. The third-order valence-electron chi connectivity index (χ3n) is 8.11. The van der Waals surface area contributed by atoms with Crippen molar-refractivity contribution in [3.63, 3.8) is 0 Å². The summed E-state index contributed by atoms with van der Waals surface area (Å²) in [7, 11) is 0. The minimum atomic E-state index is -1.37. The summed E-state index contributed by atoms with van der Waals surface area (Å²) < 4.78 is 12.8. The normalized spacial score (nSPS) is 25.4. The molecule has 202 valence electrons. The fourth-order valence-corrected chi connectivity index (χ4v) is 7.39. The molecule has 0 aromatic heterocycles. The van der Waals surface area contributed by atoms with E-state index in [4.69, 9.17) is 21.1 Å². The molecule has 39 heavy (non-hydrogen) atoms. The number of benzene rings is 3. The van der Waals surface area contributed by atoms with E-state index in [0.29, 0.717) is 52.0 Å². The van der Waals surface area contributed by atoms with Gasteiger partial charge in [-0.2, -0.15) is 0 Å². The molecule has 1 N–H and O–H groups in total. The lowest BCUT2D eigenvalue weighted by Crippen LogP contribution is -2.55. The van der Waals surface area contributed by atoms with Gasteiger partial charge in [0, 0.05) is 33.8 Å². The molecule has 8 nitrogen and oxygen atoms in total. The molecule has 4 atom stereocenters. The quantitative estimate of drug-likeness (QED) is 0.255. The second-order valence-corrected chi connectivity index (χ2v) is 11.4. The van der Waals surface area contributed by atoms with Gasteiger partial charge in [-0.3, -0.25) is 19.8 Å². The number of nitrogens with zero attached hydrogens (tertiary/aromatic N) is 2. The first-order valence-corrected chi connectivity index (χ1v) is 14.2. The fourth-order valence-electron chi connectivity index (χ4n) is 6.69. The van der Waals surface area contributed by atoms with Gasteiger partial charge in [0.2, 0.25) is 0 Å². The number of amides is 1. The minimum absolute atomic E-state index is 0.167. The highest BCUT2D eigenvalue weighted by Gasteiger charge is 2.73. The average molecular weight is 613 g/mol. The molecule has 0 unspecified atom stereocenters. The average Bonchev–Trinajstić information content (AvgIpc) is 3.57. The Labute approximate surface area is 239 Å². The van der Waals surface area contributed by atoms with Crippen LogP contribution in [0.4, 0.5) is 5.69 Å². The number of halogens is 2. The number of nitro groups is 1. The van der Waals surface area contributed by atoms with Crippen LogP contribution in [-0.2, 0) is 16.9 Å². The van der Waals surface area contributed by atoms with Crippen molar-refractivity contribution in [1.29, 1.82) is 0 Å². The summed E-state index contributed by atoms with van der Waals surface area (Å²) in [6.45, 7) is 3.19. The molecule has 2 saturated heterocycles. The van der Waals surface area contributed by atoms with Gasteiger partial charge in [0.1, 0.15) is 6.61 Å². The standard InChI is InChI=1S/C29H27BrClN3O5/c1-2-38-24-15-18(14-21(30)26(24)39-16-17-9-11-19(31)12-10-17)25-23-8-5-13-33(23)29(27(25)34(36)37)20-6-3-4-7-22(20)32-28(29)35/h3-4,6-7,9-12,14-15,23,25,27H,2,5,8,13,16H2,1H3,(H,32,35)/t23-,25+,27-,29+/m0/s1. The van der Waals surface area contributed by atoms with Crippen LogP contribution in [0.1, 0.15) is 42.4 Å². The molecule has 6 rings (SSSR count). The van der Waals surface area contributed by atoms with Crippen molar-refractivity contribution in [2.45, 2.75) is 49.9 Å². The Bertz CT molecular complexity index is 1450. The summed E-state index contributed by atoms with van der Waals surface area (Å²) in [5, 5.41) is 16.5. The van der Waals surface area contributed by atoms with Gasteiger partial charge in [-0.05, 0) is 77.2 Å². The van der Waals surface area contributed by atoms with E-state index < -0.39 is 17.5 Å². The van der Waals surface area contributed by atoms with E-state index in [0.717, 1.165) is 24.0 Å². The van der Waals surface area contributed by atoms with Crippen molar-refractivity contribution < 1.29 is 19.2 Å². The highest BCUT2D eigenvalue weighted by Crippen LogP contribution is 2.58. The van der Waals surface area contributed by atoms with Crippen molar-refractivity contribution in [1.82, 2.24) is 4.90 Å². The maximum absolute atomic E-state index is 13.7. The molecule has 0 bridgehead atoms. The molecule has 0 aliphatic carbocycles. The lowest BCUT2D eigenvalue weighted by molar-refractivity contribution is -0.534. The zero-order valence-corrected chi connectivity index (χ0v) is 23.6. The van der Waals surface area contributed by atoms with Gasteiger partial charge < -0.3 is 14.8 Å². The largest absolute Gasteiger partial charge is 0.490 e. The molecular weight excluding hydrogens is 586 g/mol. The number of rotatable bonds is 7. The first kappa shape index (κ1) is 26.1. The molecular formula is C29H27BrClN3O5. The van der Waals surface area contributed by atoms with E-state index in [2.05, 4.69) is 26.1 Å². The van der Waals surface area contributed by atoms with Crippen molar-refractivity contribution in [2.75, 3.05) is 18.5 Å². The summed E-state index contributed by atoms with van der Waals surface area (Å²) >= 11 is 9.66. The van der Waals surface area contributed by atoms with Crippen molar-refractivity contribution >= 4 is 39.1 Å². The zero-order chi connectivity index (χ0) is 27.3. The van der Waals surface area contributed by atoms with Gasteiger partial charge in [0.05, 0.1) is 17.0 Å². The number of fused-ring (bicyclic) bond motifs is 4. The van der Waals surface area contributed by atoms with Gasteiger partial charge in [0.25, 0.3) is 11.9 Å². The number of hydrogen-bond donors (Lipinski definition) is 1. The Hall–Kier alpha value is -3.14. The Balaban J connectivity index is 1.43. The van der Waals surface area contributed by atoms with Gasteiger partial charge >= 0.3 is 0 Å². The number of nitrogens with one attached hydrogen (secondary N) is 1. The van der Waals surface area contributed by atoms with Crippen molar-refractivity contribution in [3.8, 4) is 11.5 Å². The predicted octanol–water partition coefficient (Wildman–Crippen LogP) is 6.13. The number of ether oxygens (including phenoxy) is 2. The molecule has 3 aliphatic rings. The Kier molecular flexibility index (Phi) is 6.77. The first-order valence-electron chi connectivity index (χ1n) is 13.0. The smallest absolute Gasteiger partial charge is 0.256 e. The lowest BCUT2D eigenvalue weighted by Gasteiger charge is -2.32. The second-order valence-electron chi connectivity index (χ2n) is 10.1. The van der Waals surface area contributed by atoms with E-state index in [1.165, 1.54) is 0 Å². The van der Waals surface area contributed by atoms with Crippen LogP contribution in [0.25, 0.3) is 0 Å². The molecule has 3 heterocycles. The molecule has 0 saturated carbocycles. The van der Waals surface area contributed by atoms with Gasteiger partial charge in [-0.25, -0.2) is 0 Å². The molecule has 3 aromatic rings. The molecule has 1 amide bonds. The summed E-state index contributed by atoms with van der Waals surface area (Å²) in [5.74, 6) is 0.167. The topological polar surface area (TPSA) is 93.9 Å². The van der Waals surface area contributed by atoms with Crippen LogP contribution in [0.5, 0.6) is 11.5 Å². The Morgan fingerprint density at radius 2 is 1.95 bits per heavy atom. The van der Waals surface area contributed by atoms with Crippen molar-refractivity contribution in [2.24, 2.45) is 0 Å². The fraction of sp³-hybridized carbons (Fsp3) is 0.345. The minimum Gasteiger partial charge on any atom is -0.490 e. The van der Waals surface area contributed by atoms with Crippen LogP contribution < -0.4 is 14.8 Å². The Morgan fingerprint density at radius 3 is 2.69 bits per heavy atom. The molecule has 0 radical (unpaired) electrons. The van der Waals surface area contributed by atoms with Crippen LogP contribution in [0.2, 0.25) is 5.02 Å². The van der Waals surface area contributed by atoms with Crippen LogP contribution >= 0.6 is 27.5 Å². The summed E-state index contributed by atoms with van der Waals surface area (Å²) in [6.07, 6.45) is 1.63. The van der Waals surface area contributed by atoms with E-state index >= 15 is 0 Å². The molecule has 3 aromatic carbocycles. The summed E-state index contributed by atoms with van der Waals surface area (Å²) in [5.41, 5.74) is 1.64. The number of para-hydroxylation sites is 1. The van der Waals surface area contributed by atoms with E-state index in [1.54, 1.807) is 12.1 Å². The lowest BCUT2D eigenvalue weighted by atomic mass is 9.77. The maximum atomic E-state index is 13.7. The number of carbonyl (C=O) groups excluding carboxylic acids is 1. The van der Waals surface area contributed by atoms with Crippen LogP contribution in [0, 0.1) is 10.1 Å². The highest BCUT2D eigenvalue weighted by molar-refractivity contribution is 9.10. The van der Waals surface area contributed by atoms with E-state index in [1.807, 2.05) is 55.5 Å². The Morgan fingerprint density at radius 1 is 1.18 bits per heavy atom. The monoisotopic (exact) mass is 611 g/mol. The van der Waals surface area contributed by atoms with Gasteiger partial charge in [0.15, 0.2) is 17.0 Å². The van der Waals surface area contributed by atoms with Gasteiger partial charge in [-0.1, -0.05) is 41.9 Å². The zero-order valence-electron chi connectivity index (χ0n) is 21.2. The molecule has 10 heteroatoms. The van der Waals surface area contributed by atoms with E-state index in [9.17, 15) is 14.9 Å². The maximum Gasteiger partial charge on any atom is 0.256 e. The van der Waals surface area contributed by atoms with Gasteiger partial charge in [-0.15, -0.1) is 0 Å². The van der Waals surface area contributed by atoms with Crippen LogP contribution in [0.3, 0.4) is 0 Å².